The summed E-state index contributed by atoms with van der Waals surface area (Å²) in [7, 11) is 0. The third-order valence-corrected chi connectivity index (χ3v) is 18.4. The molecule has 12 atom stereocenters. The summed E-state index contributed by atoms with van der Waals surface area (Å²) in [6.07, 6.45) is 77.4. The van der Waals surface area contributed by atoms with Gasteiger partial charge in [0.25, 0.3) is 0 Å². The van der Waals surface area contributed by atoms with Gasteiger partial charge in [-0.3, -0.25) is 4.79 Å². The Labute approximate surface area is 585 Å². The minimum absolute atomic E-state index is 0.251. The molecule has 554 valence electrons. The summed E-state index contributed by atoms with van der Waals surface area (Å²) >= 11 is 0. The molecule has 0 aliphatic carbocycles. The average Bonchev–Trinajstić information content (AvgIpc) is 0.807. The van der Waals surface area contributed by atoms with Gasteiger partial charge in [-0.25, -0.2) is 0 Å². The van der Waals surface area contributed by atoms with Crippen LogP contribution in [0.15, 0.2) is 109 Å². The number of carbonyl (C=O) groups is 1. The van der Waals surface area contributed by atoms with Crippen LogP contribution >= 0.6 is 0 Å². The second-order valence-corrected chi connectivity index (χ2v) is 27.1. The van der Waals surface area contributed by atoms with Crippen molar-refractivity contribution in [1.29, 1.82) is 0 Å². The predicted molar refractivity (Wildman–Crippen MR) is 396 cm³/mol. The molecule has 2 saturated heterocycles. The van der Waals surface area contributed by atoms with E-state index in [4.69, 9.17) is 18.9 Å². The molecule has 0 radical (unpaired) electrons. The highest BCUT2D eigenvalue weighted by Gasteiger charge is 2.51. The average molecular weight is 1350 g/mol. The van der Waals surface area contributed by atoms with Crippen LogP contribution in [0.5, 0.6) is 0 Å². The Kier molecular flexibility index (Phi) is 60.1. The van der Waals surface area contributed by atoms with Crippen LogP contribution in [0.25, 0.3) is 0 Å². The zero-order chi connectivity index (χ0) is 69.4. The number of amides is 1. The number of aliphatic hydroxyl groups is 8. The van der Waals surface area contributed by atoms with Crippen molar-refractivity contribution in [2.24, 2.45) is 0 Å². The third kappa shape index (κ3) is 47.7. The van der Waals surface area contributed by atoms with E-state index in [1.54, 1.807) is 6.08 Å². The van der Waals surface area contributed by atoms with Crippen LogP contribution in [0.2, 0.25) is 0 Å². The molecular formula is C82H143NO13. The first-order valence-corrected chi connectivity index (χ1v) is 39.1. The minimum Gasteiger partial charge on any atom is -0.394 e. The number of nitrogens with one attached hydrogen (secondary N) is 1. The number of allylic oxidation sites excluding steroid dienone is 17. The fraction of sp³-hybridized carbons (Fsp3) is 0.768. The van der Waals surface area contributed by atoms with Crippen LogP contribution in [0, 0.1) is 0 Å². The van der Waals surface area contributed by atoms with Gasteiger partial charge in [0, 0.05) is 6.42 Å². The van der Waals surface area contributed by atoms with Crippen molar-refractivity contribution >= 4 is 5.91 Å². The van der Waals surface area contributed by atoms with Crippen molar-refractivity contribution in [2.45, 2.75) is 383 Å². The van der Waals surface area contributed by atoms with E-state index in [-0.39, 0.29) is 18.9 Å². The molecule has 9 N–H and O–H groups in total. The van der Waals surface area contributed by atoms with Gasteiger partial charge in [0.05, 0.1) is 32.0 Å². The third-order valence-electron chi connectivity index (χ3n) is 18.4. The molecule has 0 bridgehead atoms. The van der Waals surface area contributed by atoms with Gasteiger partial charge in [0.2, 0.25) is 5.91 Å². The molecule has 0 spiro atoms. The molecule has 0 aromatic rings. The molecule has 2 fully saturated rings. The van der Waals surface area contributed by atoms with Gasteiger partial charge in [-0.15, -0.1) is 0 Å². The largest absolute Gasteiger partial charge is 0.394 e. The van der Waals surface area contributed by atoms with Crippen molar-refractivity contribution in [2.75, 3.05) is 19.8 Å². The Balaban J connectivity index is 1.59. The highest BCUT2D eigenvalue weighted by atomic mass is 16.7. The normalized spacial score (nSPS) is 22.9. The monoisotopic (exact) mass is 1350 g/mol. The Bertz CT molecular complexity index is 2030. The highest BCUT2D eigenvalue weighted by Crippen LogP contribution is 2.30. The van der Waals surface area contributed by atoms with Crippen LogP contribution in [-0.2, 0) is 23.7 Å². The lowest BCUT2D eigenvalue weighted by molar-refractivity contribution is -0.359. The number of hydrogen-bond acceptors (Lipinski definition) is 13. The van der Waals surface area contributed by atoms with Gasteiger partial charge in [0.15, 0.2) is 12.6 Å². The first-order chi connectivity index (χ1) is 47.1. The smallest absolute Gasteiger partial charge is 0.220 e. The molecule has 1 amide bonds. The topological polar surface area (TPSA) is 228 Å². The summed E-state index contributed by atoms with van der Waals surface area (Å²) in [5.41, 5.74) is 0. The van der Waals surface area contributed by atoms with E-state index in [9.17, 15) is 45.6 Å². The lowest BCUT2D eigenvalue weighted by Gasteiger charge is -2.46. The zero-order valence-electron chi connectivity index (χ0n) is 60.6. The first kappa shape index (κ1) is 88.7. The zero-order valence-corrected chi connectivity index (χ0v) is 60.6. The van der Waals surface area contributed by atoms with E-state index >= 15 is 0 Å². The van der Waals surface area contributed by atoms with Crippen molar-refractivity contribution in [3.05, 3.63) is 109 Å². The maximum atomic E-state index is 13.4. The Morgan fingerprint density at radius 3 is 1.15 bits per heavy atom. The number of aliphatic hydroxyl groups excluding tert-OH is 8. The molecule has 14 heteroatoms. The van der Waals surface area contributed by atoms with E-state index < -0.39 is 86.8 Å². The number of rotatable bonds is 64. The number of carbonyl (C=O) groups excluding carboxylic acids is 1. The summed E-state index contributed by atoms with van der Waals surface area (Å²) < 4.78 is 22.9. The van der Waals surface area contributed by atoms with Gasteiger partial charge in [0.1, 0.15) is 48.8 Å². The van der Waals surface area contributed by atoms with E-state index in [0.29, 0.717) is 12.8 Å². The van der Waals surface area contributed by atoms with Gasteiger partial charge >= 0.3 is 0 Å². The maximum absolute atomic E-state index is 13.4. The van der Waals surface area contributed by atoms with Crippen LogP contribution in [-0.4, -0.2) is 140 Å². The fourth-order valence-corrected chi connectivity index (χ4v) is 12.3. The fourth-order valence-electron chi connectivity index (χ4n) is 12.3. The second kappa shape index (κ2) is 65.0. The van der Waals surface area contributed by atoms with Crippen molar-refractivity contribution in [1.82, 2.24) is 5.32 Å². The summed E-state index contributed by atoms with van der Waals surface area (Å²) in [6, 6.07) is -0.943. The summed E-state index contributed by atoms with van der Waals surface area (Å²) in [5.74, 6) is -0.251. The van der Waals surface area contributed by atoms with Crippen LogP contribution < -0.4 is 5.32 Å². The summed E-state index contributed by atoms with van der Waals surface area (Å²) in [6.45, 7) is 2.69. The molecule has 14 nitrogen and oxygen atoms in total. The highest BCUT2D eigenvalue weighted by molar-refractivity contribution is 5.76. The number of unbranched alkanes of at least 4 members (excludes halogenated alkanes) is 35. The molecule has 12 unspecified atom stereocenters. The van der Waals surface area contributed by atoms with Gasteiger partial charge < -0.3 is 65.1 Å². The van der Waals surface area contributed by atoms with E-state index in [1.807, 2.05) is 6.08 Å². The first-order valence-electron chi connectivity index (χ1n) is 39.1. The van der Waals surface area contributed by atoms with Gasteiger partial charge in [-0.2, -0.15) is 0 Å². The number of ether oxygens (including phenoxy) is 4. The van der Waals surface area contributed by atoms with Crippen molar-refractivity contribution < 1.29 is 64.6 Å². The van der Waals surface area contributed by atoms with Crippen molar-refractivity contribution in [3.8, 4) is 0 Å². The molecule has 0 aromatic carbocycles. The molecule has 2 aliphatic rings. The molecule has 0 saturated carbocycles. The maximum Gasteiger partial charge on any atom is 0.220 e. The predicted octanol–water partition coefficient (Wildman–Crippen LogP) is 17.5. The Hall–Kier alpha value is -3.35. The Morgan fingerprint density at radius 2 is 0.729 bits per heavy atom. The van der Waals surface area contributed by atoms with Gasteiger partial charge in [-0.1, -0.05) is 316 Å². The quantitative estimate of drug-likeness (QED) is 0.0204. The number of hydrogen-bond donors (Lipinski definition) is 9. The van der Waals surface area contributed by atoms with Gasteiger partial charge in [-0.05, 0) is 96.3 Å². The lowest BCUT2D eigenvalue weighted by atomic mass is 9.97. The van der Waals surface area contributed by atoms with E-state index in [0.717, 1.165) is 83.5 Å². The summed E-state index contributed by atoms with van der Waals surface area (Å²) in [4.78, 5) is 13.4. The lowest BCUT2D eigenvalue weighted by Crippen LogP contribution is -2.65. The molecule has 0 aromatic heterocycles. The minimum atomic E-state index is -1.80. The van der Waals surface area contributed by atoms with Crippen LogP contribution in [0.1, 0.15) is 309 Å². The molecule has 2 heterocycles. The van der Waals surface area contributed by atoms with Crippen molar-refractivity contribution in [3.63, 3.8) is 0 Å². The Morgan fingerprint density at radius 1 is 0.385 bits per heavy atom. The SMILES string of the molecule is CC/C=C\C/C=C\C/C=C\C/C=C\C/C=C\C/C=C\CCCCCCCCCCCCCCCCCCCCCCCCC(=O)NC(COC1OC(CO)C(OC2OC(CO)C(O)C(O)C2O)C(O)C1O)C(O)/C=C/CC/C=C/CC/C=C/CCCCCCCCCCCCC. The molecule has 2 rings (SSSR count). The standard InChI is InChI=1S/C82H143NO13/c1-3-5-7-9-11-13-15-17-19-21-23-25-26-27-28-29-30-31-32-33-34-35-36-37-38-39-40-41-42-43-44-46-48-50-52-54-56-58-60-62-64-66-74(87)83-70(71(86)65-63-61-59-57-55-53-51-49-47-45-24-22-20-18-16-14-12-10-8-6-4-2)69-93-81-79(92)77(90)80(73(68-85)95-81)96-82-78(91)76(89)75(88)72(67-84)94-82/h5,7,11,13,17,19,23,25,27-28,30-31,47,49,55,57,63,65,70-73,75-82,84-86,88-92H,3-4,6,8-10,12,14-16,18,20-22,24,26,29,32-46,48,50-54,56,58-62,64,66-69H2,1-2H3,(H,83,87)/b7-5-,13-11-,19-17-,25-23-,28-27-,31-30-,49-47+,57-55+,65-63+. The molecule has 96 heavy (non-hydrogen) atoms. The van der Waals surface area contributed by atoms with E-state index in [1.165, 1.54) is 193 Å². The van der Waals surface area contributed by atoms with Crippen LogP contribution in [0.3, 0.4) is 0 Å². The van der Waals surface area contributed by atoms with E-state index in [2.05, 4.69) is 116 Å². The summed E-state index contributed by atoms with van der Waals surface area (Å²) in [5, 5.41) is 87.5. The molecular weight excluding hydrogens is 1210 g/mol. The van der Waals surface area contributed by atoms with Crippen LogP contribution in [0.4, 0.5) is 0 Å². The second-order valence-electron chi connectivity index (χ2n) is 27.1. The molecule has 2 aliphatic heterocycles.